The molecular formula is C13H13FN2O2S2. The Morgan fingerprint density at radius 1 is 1.20 bits per heavy atom. The van der Waals surface area contributed by atoms with Gasteiger partial charge in [0, 0.05) is 10.6 Å². The van der Waals surface area contributed by atoms with Gasteiger partial charge in [-0.2, -0.15) is 0 Å². The summed E-state index contributed by atoms with van der Waals surface area (Å²) in [6, 6.07) is 10.3. The summed E-state index contributed by atoms with van der Waals surface area (Å²) >= 11 is 1.50. The molecule has 7 heteroatoms. The van der Waals surface area contributed by atoms with Crippen molar-refractivity contribution in [2.24, 2.45) is 0 Å². The molecule has 0 aliphatic rings. The molecule has 20 heavy (non-hydrogen) atoms. The Labute approximate surface area is 121 Å². The average Bonchev–Trinajstić information content (AvgIpc) is 2.41. The molecule has 4 nitrogen and oxygen atoms in total. The molecule has 0 amide bonds. The second-order valence-corrected chi connectivity index (χ2v) is 6.58. The minimum Gasteiger partial charge on any atom is -0.396 e. The van der Waals surface area contributed by atoms with Crippen LogP contribution < -0.4 is 10.5 Å². The highest BCUT2D eigenvalue weighted by atomic mass is 32.2. The minimum absolute atomic E-state index is 0.0895. The molecule has 3 N–H and O–H groups in total. The van der Waals surface area contributed by atoms with Crippen molar-refractivity contribution in [3.63, 3.8) is 0 Å². The van der Waals surface area contributed by atoms with Crippen LogP contribution >= 0.6 is 11.8 Å². The average molecular weight is 312 g/mol. The van der Waals surface area contributed by atoms with E-state index < -0.39 is 15.8 Å². The number of sulfonamides is 1. The number of hydrogen-bond acceptors (Lipinski definition) is 4. The van der Waals surface area contributed by atoms with Crippen LogP contribution in [-0.2, 0) is 10.0 Å². The summed E-state index contributed by atoms with van der Waals surface area (Å²) < 4.78 is 40.0. The zero-order valence-corrected chi connectivity index (χ0v) is 12.3. The SMILES string of the molecule is CSc1cccc(NS(=O)(=O)c2ccc(N)c(F)c2)c1. The molecule has 0 radical (unpaired) electrons. The van der Waals surface area contributed by atoms with Gasteiger partial charge in [-0.3, -0.25) is 4.72 Å². The molecule has 0 saturated carbocycles. The lowest BCUT2D eigenvalue weighted by atomic mass is 10.3. The van der Waals surface area contributed by atoms with Crippen LogP contribution in [0.2, 0.25) is 0 Å². The van der Waals surface area contributed by atoms with Crippen LogP contribution in [0.5, 0.6) is 0 Å². The van der Waals surface area contributed by atoms with E-state index in [1.165, 1.54) is 23.9 Å². The van der Waals surface area contributed by atoms with Crippen molar-refractivity contribution in [2.75, 3.05) is 16.7 Å². The quantitative estimate of drug-likeness (QED) is 0.672. The number of hydrogen-bond donors (Lipinski definition) is 2. The third-order valence-corrected chi connectivity index (χ3v) is 4.71. The molecule has 0 bridgehead atoms. The van der Waals surface area contributed by atoms with E-state index in [4.69, 9.17) is 5.73 Å². The predicted octanol–water partition coefficient (Wildman–Crippen LogP) is 2.93. The van der Waals surface area contributed by atoms with Gasteiger partial charge < -0.3 is 5.73 Å². The fraction of sp³-hybridized carbons (Fsp3) is 0.0769. The number of rotatable bonds is 4. The van der Waals surface area contributed by atoms with Gasteiger partial charge in [-0.1, -0.05) is 6.07 Å². The van der Waals surface area contributed by atoms with E-state index in [9.17, 15) is 12.8 Å². The Balaban J connectivity index is 2.32. The molecule has 0 atom stereocenters. The van der Waals surface area contributed by atoms with Crippen molar-refractivity contribution in [3.8, 4) is 0 Å². The van der Waals surface area contributed by atoms with E-state index >= 15 is 0 Å². The predicted molar refractivity (Wildman–Crippen MR) is 79.8 cm³/mol. The fourth-order valence-corrected chi connectivity index (χ4v) is 3.10. The summed E-state index contributed by atoms with van der Waals surface area (Å²) in [7, 11) is -3.83. The monoisotopic (exact) mass is 312 g/mol. The number of nitrogens with one attached hydrogen (secondary N) is 1. The maximum atomic E-state index is 13.3. The summed E-state index contributed by atoms with van der Waals surface area (Å²) in [5.41, 5.74) is 5.67. The second-order valence-electron chi connectivity index (χ2n) is 4.02. The Morgan fingerprint density at radius 3 is 2.60 bits per heavy atom. The standard InChI is InChI=1S/C13H13FN2O2S2/c1-19-10-4-2-3-9(7-10)16-20(17,18)11-5-6-13(15)12(14)8-11/h2-8,16H,15H2,1H3. The molecule has 0 saturated heterocycles. The van der Waals surface area contributed by atoms with Gasteiger partial charge in [0.25, 0.3) is 10.0 Å². The van der Waals surface area contributed by atoms with E-state index in [0.717, 1.165) is 11.0 Å². The highest BCUT2D eigenvalue weighted by molar-refractivity contribution is 7.98. The zero-order valence-electron chi connectivity index (χ0n) is 10.6. The van der Waals surface area contributed by atoms with Gasteiger partial charge in [-0.05, 0) is 42.7 Å². The van der Waals surface area contributed by atoms with Gasteiger partial charge in [0.05, 0.1) is 10.6 Å². The summed E-state index contributed by atoms with van der Waals surface area (Å²) in [6.45, 7) is 0. The second kappa shape index (κ2) is 5.72. The van der Waals surface area contributed by atoms with Crippen molar-refractivity contribution in [1.29, 1.82) is 0 Å². The lowest BCUT2D eigenvalue weighted by Crippen LogP contribution is -2.13. The number of nitrogens with two attached hydrogens (primary N) is 1. The topological polar surface area (TPSA) is 72.2 Å². The normalized spacial score (nSPS) is 11.3. The largest absolute Gasteiger partial charge is 0.396 e. The van der Waals surface area contributed by atoms with Crippen LogP contribution in [0.15, 0.2) is 52.3 Å². The summed E-state index contributed by atoms with van der Waals surface area (Å²) in [5.74, 6) is -0.759. The zero-order chi connectivity index (χ0) is 14.8. The highest BCUT2D eigenvalue weighted by Gasteiger charge is 2.16. The van der Waals surface area contributed by atoms with Crippen molar-refractivity contribution < 1.29 is 12.8 Å². The number of benzene rings is 2. The number of halogens is 1. The van der Waals surface area contributed by atoms with E-state index in [-0.39, 0.29) is 10.6 Å². The summed E-state index contributed by atoms with van der Waals surface area (Å²) in [5, 5.41) is 0. The maximum Gasteiger partial charge on any atom is 0.261 e. The van der Waals surface area contributed by atoms with E-state index in [1.807, 2.05) is 12.3 Å². The van der Waals surface area contributed by atoms with E-state index in [0.29, 0.717) is 5.69 Å². The van der Waals surface area contributed by atoms with Crippen LogP contribution in [0, 0.1) is 5.82 Å². The van der Waals surface area contributed by atoms with Crippen LogP contribution in [-0.4, -0.2) is 14.7 Å². The van der Waals surface area contributed by atoms with E-state index in [1.54, 1.807) is 18.2 Å². The highest BCUT2D eigenvalue weighted by Crippen LogP contribution is 2.23. The van der Waals surface area contributed by atoms with Gasteiger partial charge in [-0.15, -0.1) is 11.8 Å². The molecule has 0 aromatic heterocycles. The Bertz CT molecular complexity index is 733. The van der Waals surface area contributed by atoms with Gasteiger partial charge in [0.15, 0.2) is 0 Å². The molecule has 106 valence electrons. The van der Waals surface area contributed by atoms with Gasteiger partial charge in [0.1, 0.15) is 5.82 Å². The van der Waals surface area contributed by atoms with Crippen molar-refractivity contribution in [1.82, 2.24) is 0 Å². The summed E-state index contributed by atoms with van der Waals surface area (Å²) in [6.07, 6.45) is 1.89. The number of anilines is 2. The lowest BCUT2D eigenvalue weighted by molar-refractivity contribution is 0.596. The minimum atomic E-state index is -3.83. The molecule has 2 rings (SSSR count). The van der Waals surface area contributed by atoms with Crippen LogP contribution in [0.4, 0.5) is 15.8 Å². The van der Waals surface area contributed by atoms with Crippen molar-refractivity contribution in [2.45, 2.75) is 9.79 Å². The molecule has 2 aromatic carbocycles. The van der Waals surface area contributed by atoms with Crippen molar-refractivity contribution in [3.05, 3.63) is 48.3 Å². The van der Waals surface area contributed by atoms with Crippen LogP contribution in [0.1, 0.15) is 0 Å². The maximum absolute atomic E-state index is 13.3. The first-order chi connectivity index (χ1) is 9.42. The molecule has 0 spiro atoms. The molecule has 0 aliphatic carbocycles. The van der Waals surface area contributed by atoms with Crippen LogP contribution in [0.3, 0.4) is 0 Å². The van der Waals surface area contributed by atoms with Gasteiger partial charge in [-0.25, -0.2) is 12.8 Å². The van der Waals surface area contributed by atoms with Crippen LogP contribution in [0.25, 0.3) is 0 Å². The smallest absolute Gasteiger partial charge is 0.261 e. The van der Waals surface area contributed by atoms with E-state index in [2.05, 4.69) is 4.72 Å². The Morgan fingerprint density at radius 2 is 1.95 bits per heavy atom. The molecule has 0 heterocycles. The van der Waals surface area contributed by atoms with Crippen molar-refractivity contribution >= 4 is 33.2 Å². The number of thioether (sulfide) groups is 1. The Kier molecular flexibility index (Phi) is 4.20. The fourth-order valence-electron chi connectivity index (χ4n) is 1.58. The third kappa shape index (κ3) is 3.23. The Hall–Kier alpha value is -1.73. The van der Waals surface area contributed by atoms with Gasteiger partial charge in [0.2, 0.25) is 0 Å². The molecule has 0 aliphatic heterocycles. The first-order valence-corrected chi connectivity index (χ1v) is 8.35. The molecular weight excluding hydrogens is 299 g/mol. The molecule has 0 fully saturated rings. The first-order valence-electron chi connectivity index (χ1n) is 5.64. The molecule has 2 aromatic rings. The van der Waals surface area contributed by atoms with Gasteiger partial charge >= 0.3 is 0 Å². The molecule has 0 unspecified atom stereocenters. The summed E-state index contributed by atoms with van der Waals surface area (Å²) in [4.78, 5) is 0.757. The third-order valence-electron chi connectivity index (χ3n) is 2.60. The number of nitrogen functional groups attached to an aromatic ring is 1. The first kappa shape index (κ1) is 14.7. The lowest BCUT2D eigenvalue weighted by Gasteiger charge is -2.09.